The van der Waals surface area contributed by atoms with Gasteiger partial charge in [0.15, 0.2) is 0 Å². The molecule has 0 bridgehead atoms. The first kappa shape index (κ1) is 9.02. The SMILES string of the molecule is Cc1nc2cc(Cl)ccc2c(=O)n1N. The first-order chi connectivity index (χ1) is 6.59. The summed E-state index contributed by atoms with van der Waals surface area (Å²) < 4.78 is 1.02. The summed E-state index contributed by atoms with van der Waals surface area (Å²) in [6.45, 7) is 1.67. The van der Waals surface area contributed by atoms with E-state index in [-0.39, 0.29) is 5.56 Å². The van der Waals surface area contributed by atoms with Crippen molar-refractivity contribution in [3.05, 3.63) is 39.4 Å². The van der Waals surface area contributed by atoms with Gasteiger partial charge in [0.05, 0.1) is 10.9 Å². The standard InChI is InChI=1S/C9H8ClN3O/c1-5-12-8-4-6(10)2-3-7(8)9(14)13(5)11/h2-4H,11H2,1H3. The summed E-state index contributed by atoms with van der Waals surface area (Å²) >= 11 is 5.78. The predicted octanol–water partition coefficient (Wildman–Crippen LogP) is 1.07. The molecule has 0 amide bonds. The molecule has 0 saturated carbocycles. The van der Waals surface area contributed by atoms with Crippen molar-refractivity contribution in [1.29, 1.82) is 0 Å². The summed E-state index contributed by atoms with van der Waals surface area (Å²) in [6.07, 6.45) is 0. The smallest absolute Gasteiger partial charge is 0.279 e. The zero-order valence-electron chi connectivity index (χ0n) is 7.49. The van der Waals surface area contributed by atoms with E-state index in [2.05, 4.69) is 4.98 Å². The molecule has 2 N–H and O–H groups in total. The highest BCUT2D eigenvalue weighted by atomic mass is 35.5. The minimum absolute atomic E-state index is 0.260. The van der Waals surface area contributed by atoms with Gasteiger partial charge >= 0.3 is 0 Å². The van der Waals surface area contributed by atoms with E-state index in [1.54, 1.807) is 25.1 Å². The van der Waals surface area contributed by atoms with Crippen molar-refractivity contribution in [1.82, 2.24) is 9.66 Å². The van der Waals surface area contributed by atoms with Crippen molar-refractivity contribution in [2.45, 2.75) is 6.92 Å². The number of aromatic nitrogens is 2. The van der Waals surface area contributed by atoms with Crippen LogP contribution in [0.4, 0.5) is 0 Å². The lowest BCUT2D eigenvalue weighted by Crippen LogP contribution is -2.30. The maximum absolute atomic E-state index is 11.6. The minimum Gasteiger partial charge on any atom is -0.335 e. The number of nitrogen functional groups attached to an aromatic ring is 1. The van der Waals surface area contributed by atoms with Crippen molar-refractivity contribution in [2.75, 3.05) is 5.84 Å². The van der Waals surface area contributed by atoms with Crippen LogP contribution in [0.3, 0.4) is 0 Å². The lowest BCUT2D eigenvalue weighted by atomic mass is 10.2. The number of benzene rings is 1. The van der Waals surface area contributed by atoms with Gasteiger partial charge in [-0.1, -0.05) is 11.6 Å². The van der Waals surface area contributed by atoms with E-state index in [4.69, 9.17) is 17.4 Å². The Kier molecular flexibility index (Phi) is 1.93. The fourth-order valence-corrected chi connectivity index (χ4v) is 1.45. The molecule has 4 nitrogen and oxygen atoms in total. The molecule has 5 heteroatoms. The zero-order chi connectivity index (χ0) is 10.3. The van der Waals surface area contributed by atoms with Gasteiger partial charge in [-0.05, 0) is 25.1 Å². The first-order valence-electron chi connectivity index (χ1n) is 4.03. The molecule has 2 rings (SSSR count). The second kappa shape index (κ2) is 2.99. The van der Waals surface area contributed by atoms with E-state index in [0.717, 1.165) is 4.68 Å². The van der Waals surface area contributed by atoms with Gasteiger partial charge in [-0.15, -0.1) is 0 Å². The van der Waals surface area contributed by atoms with Gasteiger partial charge in [0, 0.05) is 5.02 Å². The molecular formula is C9H8ClN3O. The monoisotopic (exact) mass is 209 g/mol. The van der Waals surface area contributed by atoms with E-state index in [1.807, 2.05) is 0 Å². The molecular weight excluding hydrogens is 202 g/mol. The quantitative estimate of drug-likeness (QED) is 0.661. The number of nitrogens with zero attached hydrogens (tertiary/aromatic N) is 2. The highest BCUT2D eigenvalue weighted by molar-refractivity contribution is 6.31. The van der Waals surface area contributed by atoms with Gasteiger partial charge in [-0.3, -0.25) is 4.79 Å². The molecule has 0 aliphatic rings. The topological polar surface area (TPSA) is 60.9 Å². The first-order valence-corrected chi connectivity index (χ1v) is 4.41. The zero-order valence-corrected chi connectivity index (χ0v) is 8.25. The highest BCUT2D eigenvalue weighted by Gasteiger charge is 2.05. The molecule has 14 heavy (non-hydrogen) atoms. The number of aryl methyl sites for hydroxylation is 1. The summed E-state index contributed by atoms with van der Waals surface area (Å²) in [5, 5.41) is 1.03. The molecule has 0 spiro atoms. The van der Waals surface area contributed by atoms with E-state index in [0.29, 0.717) is 21.7 Å². The van der Waals surface area contributed by atoms with Crippen molar-refractivity contribution in [3.8, 4) is 0 Å². The van der Waals surface area contributed by atoms with Crippen LogP contribution in [-0.2, 0) is 0 Å². The minimum atomic E-state index is -0.260. The van der Waals surface area contributed by atoms with Crippen molar-refractivity contribution in [3.63, 3.8) is 0 Å². The van der Waals surface area contributed by atoms with Crippen LogP contribution in [0.25, 0.3) is 10.9 Å². The molecule has 1 aromatic carbocycles. The highest BCUT2D eigenvalue weighted by Crippen LogP contribution is 2.14. The van der Waals surface area contributed by atoms with E-state index in [9.17, 15) is 4.79 Å². The van der Waals surface area contributed by atoms with Crippen molar-refractivity contribution >= 4 is 22.5 Å². The van der Waals surface area contributed by atoms with Gasteiger partial charge in [-0.2, -0.15) is 0 Å². The Bertz CT molecular complexity index is 562. The van der Waals surface area contributed by atoms with Gasteiger partial charge < -0.3 is 5.84 Å². The van der Waals surface area contributed by atoms with Crippen LogP contribution in [0.15, 0.2) is 23.0 Å². The number of halogens is 1. The molecule has 0 aliphatic heterocycles. The third-order valence-corrected chi connectivity index (χ3v) is 2.27. The van der Waals surface area contributed by atoms with Crippen LogP contribution in [0.1, 0.15) is 5.82 Å². The number of nitrogens with two attached hydrogens (primary N) is 1. The molecule has 1 aromatic heterocycles. The van der Waals surface area contributed by atoms with Gasteiger partial charge in [0.25, 0.3) is 5.56 Å². The van der Waals surface area contributed by atoms with Gasteiger partial charge in [-0.25, -0.2) is 9.66 Å². The Morgan fingerprint density at radius 1 is 1.50 bits per heavy atom. The molecule has 1 heterocycles. The fourth-order valence-electron chi connectivity index (χ4n) is 1.28. The van der Waals surface area contributed by atoms with Crippen molar-refractivity contribution < 1.29 is 0 Å². The van der Waals surface area contributed by atoms with Crippen LogP contribution in [-0.4, -0.2) is 9.66 Å². The molecule has 0 saturated heterocycles. The summed E-state index contributed by atoms with van der Waals surface area (Å²) in [5.41, 5.74) is 0.311. The normalized spacial score (nSPS) is 10.7. The van der Waals surface area contributed by atoms with Crippen molar-refractivity contribution in [2.24, 2.45) is 0 Å². The van der Waals surface area contributed by atoms with E-state index < -0.39 is 0 Å². The molecule has 0 atom stereocenters. The maximum atomic E-state index is 11.6. The summed E-state index contributed by atoms with van der Waals surface area (Å²) in [4.78, 5) is 15.8. The Hall–Kier alpha value is -1.55. The Balaban J connectivity index is 2.98. The van der Waals surface area contributed by atoms with Crippen LogP contribution in [0.2, 0.25) is 5.02 Å². The third-order valence-electron chi connectivity index (χ3n) is 2.04. The summed E-state index contributed by atoms with van der Waals surface area (Å²) in [5.74, 6) is 5.96. The molecule has 72 valence electrons. The number of hydrogen-bond acceptors (Lipinski definition) is 3. The fraction of sp³-hybridized carbons (Fsp3) is 0.111. The maximum Gasteiger partial charge on any atom is 0.279 e. The predicted molar refractivity (Wildman–Crippen MR) is 55.9 cm³/mol. The Labute approximate surface area is 84.9 Å². The Morgan fingerprint density at radius 2 is 2.21 bits per heavy atom. The van der Waals surface area contributed by atoms with Gasteiger partial charge in [0.1, 0.15) is 5.82 Å². The van der Waals surface area contributed by atoms with Crippen LogP contribution >= 0.6 is 11.6 Å². The lowest BCUT2D eigenvalue weighted by molar-refractivity contribution is 0.852. The molecule has 2 aromatic rings. The second-order valence-electron chi connectivity index (χ2n) is 3.00. The number of hydrogen-bond donors (Lipinski definition) is 1. The second-order valence-corrected chi connectivity index (χ2v) is 3.43. The average Bonchev–Trinajstić information content (AvgIpc) is 2.14. The van der Waals surface area contributed by atoms with Gasteiger partial charge in [0.2, 0.25) is 0 Å². The largest absolute Gasteiger partial charge is 0.335 e. The molecule has 0 aliphatic carbocycles. The summed E-state index contributed by atoms with van der Waals surface area (Å²) in [7, 11) is 0. The lowest BCUT2D eigenvalue weighted by Gasteiger charge is -2.04. The van der Waals surface area contributed by atoms with Crippen LogP contribution in [0.5, 0.6) is 0 Å². The average molecular weight is 210 g/mol. The number of fused-ring (bicyclic) bond motifs is 1. The van der Waals surface area contributed by atoms with Crippen LogP contribution < -0.4 is 11.4 Å². The molecule has 0 unspecified atom stereocenters. The van der Waals surface area contributed by atoms with Crippen LogP contribution in [0, 0.1) is 6.92 Å². The molecule has 0 radical (unpaired) electrons. The van der Waals surface area contributed by atoms with E-state index >= 15 is 0 Å². The Morgan fingerprint density at radius 3 is 2.93 bits per heavy atom. The summed E-state index contributed by atoms with van der Waals surface area (Å²) in [6, 6.07) is 4.91. The van der Waals surface area contributed by atoms with E-state index in [1.165, 1.54) is 0 Å². The third kappa shape index (κ3) is 1.24. The number of rotatable bonds is 0. The molecule has 0 fully saturated rings.